The maximum absolute atomic E-state index is 12.4. The molecule has 5 nitrogen and oxygen atoms in total. The van der Waals surface area contributed by atoms with Crippen LogP contribution >= 0.6 is 0 Å². The average molecular weight is 1060 g/mol. The summed E-state index contributed by atoms with van der Waals surface area (Å²) in [4.78, 5) is 24.6. The summed E-state index contributed by atoms with van der Waals surface area (Å²) in [6.07, 6.45) is 84.4. The lowest BCUT2D eigenvalue weighted by atomic mass is 10.0. The van der Waals surface area contributed by atoms with Gasteiger partial charge in [-0.25, -0.2) is 0 Å². The molecular weight excluding hydrogens is 921 g/mol. The Balaban J connectivity index is 3.35. The molecule has 0 aromatic heterocycles. The number of hydrogen-bond donors (Lipinski definition) is 1. The second kappa shape index (κ2) is 67.2. The van der Waals surface area contributed by atoms with Crippen molar-refractivity contribution in [1.82, 2.24) is 0 Å². The second-order valence-corrected chi connectivity index (χ2v) is 24.3. The van der Waals surface area contributed by atoms with Gasteiger partial charge in [-0.05, 0) is 12.8 Å². The minimum absolute atomic E-state index is 0.0553. The molecule has 0 aliphatic heterocycles. The Bertz CT molecular complexity index is 1060. The lowest BCUT2D eigenvalue weighted by Gasteiger charge is -2.15. The third kappa shape index (κ3) is 65.3. The number of aliphatic hydroxyl groups is 1. The van der Waals surface area contributed by atoms with E-state index in [-0.39, 0.29) is 25.2 Å². The Kier molecular flexibility index (Phi) is 66.2. The quantitative estimate of drug-likeness (QED) is 0.0485. The van der Waals surface area contributed by atoms with Crippen molar-refractivity contribution < 1.29 is 24.2 Å². The molecule has 0 aromatic rings. The number of carbonyl (C=O) groups excluding carboxylic acids is 2. The van der Waals surface area contributed by atoms with Crippen molar-refractivity contribution in [2.45, 2.75) is 424 Å². The zero-order valence-corrected chi connectivity index (χ0v) is 51.6. The minimum atomic E-state index is -0.765. The smallest absolute Gasteiger partial charge is 0.306 e. The third-order valence-electron chi connectivity index (χ3n) is 16.7. The van der Waals surface area contributed by atoms with E-state index >= 15 is 0 Å². The zero-order valence-electron chi connectivity index (χ0n) is 51.6. The summed E-state index contributed by atoms with van der Waals surface area (Å²) < 4.78 is 10.8. The standard InChI is InChI=1S/C70H138O5/c1-3-5-7-9-11-13-15-17-19-21-23-25-27-29-31-32-33-34-35-36-37-39-41-43-45-47-49-51-53-55-57-59-61-63-65-70(73)75-68(66-71)67-74-69(72)64-62-60-58-56-54-52-50-48-46-44-42-40-38-30-28-26-24-22-20-18-16-14-12-10-8-6-4-2/h68,71H,3-67H2,1-2H3. The monoisotopic (exact) mass is 1060 g/mol. The molecule has 0 saturated heterocycles. The van der Waals surface area contributed by atoms with Gasteiger partial charge in [-0.1, -0.05) is 393 Å². The fourth-order valence-electron chi connectivity index (χ4n) is 11.4. The molecular formula is C70H138O5. The van der Waals surface area contributed by atoms with Gasteiger partial charge in [0.1, 0.15) is 6.61 Å². The van der Waals surface area contributed by atoms with Gasteiger partial charge in [0.15, 0.2) is 6.10 Å². The number of unbranched alkanes of at least 4 members (excludes halogenated alkanes) is 59. The molecule has 0 radical (unpaired) electrons. The Morgan fingerprint density at radius 2 is 0.413 bits per heavy atom. The van der Waals surface area contributed by atoms with Gasteiger partial charge in [-0.15, -0.1) is 0 Å². The van der Waals surface area contributed by atoms with E-state index < -0.39 is 6.10 Å². The Morgan fingerprint density at radius 3 is 0.587 bits per heavy atom. The predicted octanol–water partition coefficient (Wildman–Crippen LogP) is 24.0. The molecule has 0 spiro atoms. The topological polar surface area (TPSA) is 72.8 Å². The van der Waals surface area contributed by atoms with Crippen LogP contribution in [0.15, 0.2) is 0 Å². The summed E-state index contributed by atoms with van der Waals surface area (Å²) in [5.74, 6) is -0.558. The van der Waals surface area contributed by atoms with Crippen LogP contribution in [0, 0.1) is 0 Å². The number of rotatable bonds is 67. The molecule has 0 rings (SSSR count). The van der Waals surface area contributed by atoms with E-state index in [0.717, 1.165) is 32.1 Å². The SMILES string of the molecule is CCCCCCCCCCCCCCCCCCCCCCCCCCCCCCCCCCCCC(=O)OC(CO)COC(=O)CCCCCCCCCCCCCCCCCCCCCCCCCCCCC. The number of carbonyl (C=O) groups is 2. The molecule has 0 saturated carbocycles. The van der Waals surface area contributed by atoms with Crippen molar-refractivity contribution in [1.29, 1.82) is 0 Å². The molecule has 0 aliphatic rings. The van der Waals surface area contributed by atoms with E-state index in [9.17, 15) is 14.7 Å². The van der Waals surface area contributed by atoms with E-state index in [2.05, 4.69) is 13.8 Å². The fourth-order valence-corrected chi connectivity index (χ4v) is 11.4. The van der Waals surface area contributed by atoms with Gasteiger partial charge in [0.2, 0.25) is 0 Å². The van der Waals surface area contributed by atoms with Crippen LogP contribution in [0.25, 0.3) is 0 Å². The van der Waals surface area contributed by atoms with E-state index in [4.69, 9.17) is 9.47 Å². The van der Waals surface area contributed by atoms with Crippen molar-refractivity contribution in [3.05, 3.63) is 0 Å². The Labute approximate surface area is 471 Å². The summed E-state index contributed by atoms with van der Waals surface area (Å²) in [7, 11) is 0. The van der Waals surface area contributed by atoms with Crippen LogP contribution in [0.5, 0.6) is 0 Å². The molecule has 75 heavy (non-hydrogen) atoms. The number of ether oxygens (including phenoxy) is 2. The van der Waals surface area contributed by atoms with E-state index in [1.165, 1.54) is 360 Å². The van der Waals surface area contributed by atoms with E-state index in [1.54, 1.807) is 0 Å². The van der Waals surface area contributed by atoms with Crippen LogP contribution in [0.3, 0.4) is 0 Å². The molecule has 0 aliphatic carbocycles. The number of esters is 2. The second-order valence-electron chi connectivity index (χ2n) is 24.3. The van der Waals surface area contributed by atoms with Crippen LogP contribution in [0.2, 0.25) is 0 Å². The first-order chi connectivity index (χ1) is 37.1. The molecule has 0 aromatic carbocycles. The normalized spacial score (nSPS) is 12.0. The van der Waals surface area contributed by atoms with Crippen LogP contribution in [0.4, 0.5) is 0 Å². The largest absolute Gasteiger partial charge is 0.462 e. The third-order valence-corrected chi connectivity index (χ3v) is 16.7. The van der Waals surface area contributed by atoms with Gasteiger partial charge in [0.05, 0.1) is 6.61 Å². The summed E-state index contributed by atoms with van der Waals surface area (Å²) in [5.41, 5.74) is 0. The molecule has 1 atom stereocenters. The number of hydrogen-bond acceptors (Lipinski definition) is 5. The van der Waals surface area contributed by atoms with Gasteiger partial charge in [0, 0.05) is 12.8 Å². The molecule has 0 bridgehead atoms. The van der Waals surface area contributed by atoms with Crippen LogP contribution in [-0.2, 0) is 19.1 Å². The molecule has 1 unspecified atom stereocenters. The molecule has 0 heterocycles. The van der Waals surface area contributed by atoms with Crippen LogP contribution in [-0.4, -0.2) is 36.4 Å². The van der Waals surface area contributed by atoms with E-state index in [1.807, 2.05) is 0 Å². The molecule has 0 fully saturated rings. The maximum Gasteiger partial charge on any atom is 0.306 e. The molecule has 0 amide bonds. The molecule has 448 valence electrons. The summed E-state index contributed by atoms with van der Waals surface area (Å²) in [6.45, 7) is 4.23. The average Bonchev–Trinajstić information content (AvgIpc) is 3.41. The lowest BCUT2D eigenvalue weighted by Crippen LogP contribution is -2.28. The van der Waals surface area contributed by atoms with Crippen molar-refractivity contribution in [3.63, 3.8) is 0 Å². The van der Waals surface area contributed by atoms with Gasteiger partial charge in [-0.2, -0.15) is 0 Å². The summed E-state index contributed by atoms with van der Waals surface area (Å²) >= 11 is 0. The Hall–Kier alpha value is -1.10. The first-order valence-electron chi connectivity index (χ1n) is 35.1. The summed E-state index contributed by atoms with van der Waals surface area (Å²) in [6, 6.07) is 0. The molecule has 5 heteroatoms. The predicted molar refractivity (Wildman–Crippen MR) is 330 cm³/mol. The summed E-state index contributed by atoms with van der Waals surface area (Å²) in [5, 5.41) is 9.70. The first kappa shape index (κ1) is 73.9. The molecule has 1 N–H and O–H groups in total. The number of aliphatic hydroxyl groups excluding tert-OH is 1. The van der Waals surface area contributed by atoms with Gasteiger partial charge in [-0.3, -0.25) is 9.59 Å². The highest BCUT2D eigenvalue weighted by Gasteiger charge is 2.16. The zero-order chi connectivity index (χ0) is 54.1. The Morgan fingerprint density at radius 1 is 0.253 bits per heavy atom. The van der Waals surface area contributed by atoms with Gasteiger partial charge < -0.3 is 14.6 Å². The van der Waals surface area contributed by atoms with Crippen molar-refractivity contribution in [2.75, 3.05) is 13.2 Å². The first-order valence-corrected chi connectivity index (χ1v) is 35.1. The minimum Gasteiger partial charge on any atom is -0.462 e. The van der Waals surface area contributed by atoms with Crippen molar-refractivity contribution in [2.24, 2.45) is 0 Å². The van der Waals surface area contributed by atoms with Crippen molar-refractivity contribution >= 4 is 11.9 Å². The van der Waals surface area contributed by atoms with Gasteiger partial charge in [0.25, 0.3) is 0 Å². The van der Waals surface area contributed by atoms with E-state index in [0.29, 0.717) is 12.8 Å². The highest BCUT2D eigenvalue weighted by molar-refractivity contribution is 5.70. The van der Waals surface area contributed by atoms with Crippen LogP contribution < -0.4 is 0 Å². The van der Waals surface area contributed by atoms with Crippen molar-refractivity contribution in [3.8, 4) is 0 Å². The lowest BCUT2D eigenvalue weighted by molar-refractivity contribution is -0.161. The fraction of sp³-hybridized carbons (Fsp3) is 0.971. The highest BCUT2D eigenvalue weighted by Crippen LogP contribution is 2.20. The highest BCUT2D eigenvalue weighted by atomic mass is 16.6. The van der Waals surface area contributed by atoms with Gasteiger partial charge >= 0.3 is 11.9 Å². The maximum atomic E-state index is 12.4. The van der Waals surface area contributed by atoms with Crippen LogP contribution in [0.1, 0.15) is 418 Å².